The van der Waals surface area contributed by atoms with Gasteiger partial charge in [-0.15, -0.1) is 0 Å². The van der Waals surface area contributed by atoms with Crippen LogP contribution in [0.25, 0.3) is 11.8 Å². The van der Waals surface area contributed by atoms with Crippen LogP contribution in [0.15, 0.2) is 35.2 Å². The number of carbonyl (C=O) groups is 3. The first kappa shape index (κ1) is 23.1. The van der Waals surface area contributed by atoms with Crippen molar-refractivity contribution in [2.24, 2.45) is 0 Å². The first-order valence-corrected chi connectivity index (χ1v) is 11.7. The number of hydrogen-bond donors (Lipinski definition) is 0. The first-order chi connectivity index (χ1) is 15.8. The van der Waals surface area contributed by atoms with Crippen molar-refractivity contribution >= 4 is 40.6 Å². The molecule has 8 nitrogen and oxygen atoms in total. The zero-order valence-corrected chi connectivity index (χ0v) is 20.1. The van der Waals surface area contributed by atoms with Crippen molar-refractivity contribution in [1.29, 1.82) is 0 Å². The van der Waals surface area contributed by atoms with E-state index in [-0.39, 0.29) is 12.5 Å². The number of ether oxygens (including phenoxy) is 1. The number of aromatic nitrogens is 1. The molecule has 0 atom stereocenters. The molecule has 2 saturated heterocycles. The van der Waals surface area contributed by atoms with Gasteiger partial charge in [0.2, 0.25) is 5.91 Å². The van der Waals surface area contributed by atoms with Crippen molar-refractivity contribution < 1.29 is 19.1 Å². The molecular weight excluding hydrogens is 440 g/mol. The maximum atomic E-state index is 12.9. The Balaban J connectivity index is 1.54. The molecule has 0 radical (unpaired) electrons. The number of hydrogen-bond acceptors (Lipinski definition) is 6. The number of thioether (sulfide) groups is 1. The zero-order chi connectivity index (χ0) is 23.7. The fraction of sp³-hybridized carbons (Fsp3) is 0.375. The third kappa shape index (κ3) is 4.69. The Bertz CT molecular complexity index is 1110. The highest BCUT2D eigenvalue weighted by molar-refractivity contribution is 8.18. The van der Waals surface area contributed by atoms with E-state index in [9.17, 15) is 14.4 Å². The summed E-state index contributed by atoms with van der Waals surface area (Å²) in [7, 11) is 4.00. The molecule has 0 aliphatic carbocycles. The molecule has 2 fully saturated rings. The Hall–Kier alpha value is -3.04. The van der Waals surface area contributed by atoms with Crippen LogP contribution in [-0.4, -0.2) is 78.4 Å². The summed E-state index contributed by atoms with van der Waals surface area (Å²) in [5.41, 5.74) is 5.01. The summed E-state index contributed by atoms with van der Waals surface area (Å²) in [6.07, 6.45) is 1.75. The molecule has 4 rings (SSSR count). The van der Waals surface area contributed by atoms with Crippen molar-refractivity contribution in [3.63, 3.8) is 0 Å². The largest absolute Gasteiger partial charge is 0.378 e. The summed E-state index contributed by atoms with van der Waals surface area (Å²) >= 11 is 0.878. The second-order valence-electron chi connectivity index (χ2n) is 8.33. The van der Waals surface area contributed by atoms with Crippen LogP contribution >= 0.6 is 11.8 Å². The van der Waals surface area contributed by atoms with Gasteiger partial charge in [0.15, 0.2) is 0 Å². The van der Waals surface area contributed by atoms with Gasteiger partial charge in [-0.3, -0.25) is 19.3 Å². The lowest BCUT2D eigenvalue weighted by atomic mass is 10.2. The molecule has 174 valence electrons. The van der Waals surface area contributed by atoms with Crippen LogP contribution < -0.4 is 4.90 Å². The van der Waals surface area contributed by atoms with E-state index in [0.29, 0.717) is 31.2 Å². The summed E-state index contributed by atoms with van der Waals surface area (Å²) in [5, 5.41) is -0.416. The molecule has 0 unspecified atom stereocenters. The van der Waals surface area contributed by atoms with Crippen molar-refractivity contribution in [2.45, 2.75) is 13.8 Å². The van der Waals surface area contributed by atoms with Gasteiger partial charge in [-0.05, 0) is 67.6 Å². The van der Waals surface area contributed by atoms with Crippen LogP contribution in [0, 0.1) is 13.8 Å². The van der Waals surface area contributed by atoms with Crippen LogP contribution in [-0.2, 0) is 14.3 Å². The number of rotatable bonds is 5. The summed E-state index contributed by atoms with van der Waals surface area (Å²) in [5.74, 6) is -0.659. The lowest BCUT2D eigenvalue weighted by molar-refractivity contribution is -0.139. The van der Waals surface area contributed by atoms with E-state index in [4.69, 9.17) is 4.74 Å². The molecule has 0 spiro atoms. The van der Waals surface area contributed by atoms with Crippen LogP contribution in [0.5, 0.6) is 0 Å². The van der Waals surface area contributed by atoms with Crippen molar-refractivity contribution in [1.82, 2.24) is 14.4 Å². The summed E-state index contributed by atoms with van der Waals surface area (Å²) < 4.78 is 7.38. The fourth-order valence-corrected chi connectivity index (χ4v) is 4.89. The predicted octanol–water partition coefficient (Wildman–Crippen LogP) is 3.06. The number of benzene rings is 1. The fourth-order valence-electron chi connectivity index (χ4n) is 4.06. The Kier molecular flexibility index (Phi) is 6.62. The normalized spacial score (nSPS) is 17.9. The number of aryl methyl sites for hydroxylation is 1. The number of amides is 3. The monoisotopic (exact) mass is 468 g/mol. The molecule has 2 aromatic rings. The van der Waals surface area contributed by atoms with Crippen LogP contribution in [0.4, 0.5) is 10.5 Å². The number of nitrogens with zero attached hydrogens (tertiary/aromatic N) is 4. The SMILES string of the molecule is Cc1cc(C=C2SC(=O)N(CC(=O)N3CCOCC3)C2=O)c(C)n1-c1ccc(N(C)C)cc1. The number of carbonyl (C=O) groups excluding carboxylic acids is 3. The van der Waals surface area contributed by atoms with Gasteiger partial charge in [0, 0.05) is 49.9 Å². The van der Waals surface area contributed by atoms with Gasteiger partial charge in [-0.25, -0.2) is 0 Å². The van der Waals surface area contributed by atoms with E-state index in [1.165, 1.54) is 0 Å². The summed E-state index contributed by atoms with van der Waals surface area (Å²) in [6.45, 7) is 5.67. The van der Waals surface area contributed by atoms with Crippen molar-refractivity contribution in [3.8, 4) is 5.69 Å². The number of morpholine rings is 1. The molecule has 3 amide bonds. The molecule has 3 heterocycles. The topological polar surface area (TPSA) is 75.1 Å². The number of anilines is 1. The lowest BCUT2D eigenvalue weighted by Gasteiger charge is -2.28. The average molecular weight is 469 g/mol. The Morgan fingerprint density at radius 2 is 1.79 bits per heavy atom. The minimum Gasteiger partial charge on any atom is -0.378 e. The minimum absolute atomic E-state index is 0.235. The molecule has 1 aromatic carbocycles. The Morgan fingerprint density at radius 3 is 2.42 bits per heavy atom. The highest BCUT2D eigenvalue weighted by Crippen LogP contribution is 2.34. The van der Waals surface area contributed by atoms with Crippen LogP contribution in [0.1, 0.15) is 17.0 Å². The second-order valence-corrected chi connectivity index (χ2v) is 9.33. The van der Waals surface area contributed by atoms with Gasteiger partial charge < -0.3 is 19.1 Å². The molecule has 1 aromatic heterocycles. The Labute approximate surface area is 197 Å². The summed E-state index contributed by atoms with van der Waals surface area (Å²) in [6, 6.07) is 10.2. The van der Waals surface area contributed by atoms with Gasteiger partial charge in [0.1, 0.15) is 6.54 Å². The molecule has 0 saturated carbocycles. The maximum Gasteiger partial charge on any atom is 0.294 e. The minimum atomic E-state index is -0.424. The second kappa shape index (κ2) is 9.44. The molecule has 2 aliphatic heterocycles. The molecular formula is C24H28N4O4S. The quantitative estimate of drug-likeness (QED) is 0.628. The van der Waals surface area contributed by atoms with E-state index >= 15 is 0 Å². The summed E-state index contributed by atoms with van der Waals surface area (Å²) in [4.78, 5) is 43.0. The van der Waals surface area contributed by atoms with Crippen LogP contribution in [0.3, 0.4) is 0 Å². The Morgan fingerprint density at radius 1 is 1.12 bits per heavy atom. The van der Waals surface area contributed by atoms with Gasteiger partial charge in [-0.1, -0.05) is 0 Å². The molecule has 33 heavy (non-hydrogen) atoms. The molecule has 0 N–H and O–H groups in total. The highest BCUT2D eigenvalue weighted by atomic mass is 32.2. The third-order valence-electron chi connectivity index (χ3n) is 5.91. The smallest absolute Gasteiger partial charge is 0.294 e. The predicted molar refractivity (Wildman–Crippen MR) is 130 cm³/mol. The van der Waals surface area contributed by atoms with E-state index in [1.54, 1.807) is 11.0 Å². The highest BCUT2D eigenvalue weighted by Gasteiger charge is 2.37. The molecule has 2 aliphatic rings. The van der Waals surface area contributed by atoms with E-state index in [0.717, 1.165) is 45.0 Å². The number of imide groups is 1. The van der Waals surface area contributed by atoms with Crippen LogP contribution in [0.2, 0.25) is 0 Å². The standard InChI is InChI=1S/C24H28N4O4S/c1-16-13-18(17(2)28(16)20-7-5-19(6-8-20)25(3)4)14-21-23(30)27(24(31)33-21)15-22(29)26-9-11-32-12-10-26/h5-8,13-14H,9-12,15H2,1-4H3. The lowest BCUT2D eigenvalue weighted by Crippen LogP contribution is -2.46. The van der Waals surface area contributed by atoms with Crippen molar-refractivity contribution in [2.75, 3.05) is 51.8 Å². The van der Waals surface area contributed by atoms with Gasteiger partial charge in [-0.2, -0.15) is 0 Å². The molecule has 9 heteroatoms. The van der Waals surface area contributed by atoms with Gasteiger partial charge in [0.05, 0.1) is 18.1 Å². The van der Waals surface area contributed by atoms with E-state index < -0.39 is 11.1 Å². The maximum absolute atomic E-state index is 12.9. The third-order valence-corrected chi connectivity index (χ3v) is 6.82. The van der Waals surface area contributed by atoms with Gasteiger partial charge >= 0.3 is 0 Å². The van der Waals surface area contributed by atoms with E-state index in [2.05, 4.69) is 28.8 Å². The van der Waals surface area contributed by atoms with Crippen molar-refractivity contribution in [3.05, 3.63) is 52.2 Å². The zero-order valence-electron chi connectivity index (χ0n) is 19.3. The van der Waals surface area contributed by atoms with E-state index in [1.807, 2.05) is 38.9 Å². The first-order valence-electron chi connectivity index (χ1n) is 10.8. The average Bonchev–Trinajstić information content (AvgIpc) is 3.23. The van der Waals surface area contributed by atoms with Gasteiger partial charge in [0.25, 0.3) is 11.1 Å². The molecule has 0 bridgehead atoms.